The van der Waals surface area contributed by atoms with Crippen LogP contribution in [0.1, 0.15) is 30.9 Å². The van der Waals surface area contributed by atoms with Crippen molar-refractivity contribution in [1.29, 1.82) is 0 Å². The number of hydrogen-bond donors (Lipinski definition) is 3. The number of nitrogens with one attached hydrogen (secondary N) is 2. The quantitative estimate of drug-likeness (QED) is 0.575. The van der Waals surface area contributed by atoms with Crippen molar-refractivity contribution < 1.29 is 29.1 Å². The van der Waals surface area contributed by atoms with Crippen LogP contribution >= 0.6 is 0 Å². The van der Waals surface area contributed by atoms with Crippen LogP contribution in [0.25, 0.3) is 11.1 Å². The fourth-order valence-corrected chi connectivity index (χ4v) is 3.53. The highest BCUT2D eigenvalue weighted by atomic mass is 16.7. The summed E-state index contributed by atoms with van der Waals surface area (Å²) in [5.74, 6) is -2.23. The molecule has 0 unspecified atom stereocenters. The minimum Gasteiger partial charge on any atom is -0.479 e. The lowest BCUT2D eigenvalue weighted by Crippen LogP contribution is -2.50. The highest BCUT2D eigenvalue weighted by molar-refractivity contribution is 5.85. The number of aliphatic carboxylic acids is 1. The number of amides is 2. The van der Waals surface area contributed by atoms with Crippen molar-refractivity contribution in [1.82, 2.24) is 10.8 Å². The maximum Gasteiger partial charge on any atom is 0.407 e. The third kappa shape index (κ3) is 4.77. The van der Waals surface area contributed by atoms with Crippen molar-refractivity contribution in [2.24, 2.45) is 5.92 Å². The average Bonchev–Trinajstić information content (AvgIpc) is 3.03. The molecule has 0 radical (unpaired) electrons. The molecule has 0 saturated heterocycles. The molecule has 1 aliphatic carbocycles. The van der Waals surface area contributed by atoms with Gasteiger partial charge in [0.1, 0.15) is 12.6 Å². The molecule has 1 atom stereocenters. The first-order chi connectivity index (χ1) is 14.4. The monoisotopic (exact) mass is 412 g/mol. The van der Waals surface area contributed by atoms with Gasteiger partial charge in [-0.15, -0.1) is 0 Å². The number of carbonyl (C=O) groups excluding carboxylic acids is 2. The van der Waals surface area contributed by atoms with E-state index in [0.717, 1.165) is 22.3 Å². The minimum absolute atomic E-state index is 0.0895. The Kier molecular flexibility index (Phi) is 6.68. The van der Waals surface area contributed by atoms with Crippen LogP contribution in [-0.2, 0) is 19.2 Å². The van der Waals surface area contributed by atoms with Crippen LogP contribution in [0, 0.1) is 5.92 Å². The second-order valence-electron chi connectivity index (χ2n) is 7.34. The first kappa shape index (κ1) is 21.3. The van der Waals surface area contributed by atoms with Gasteiger partial charge in [0.15, 0.2) is 6.61 Å². The number of rotatable bonds is 8. The van der Waals surface area contributed by atoms with Gasteiger partial charge in [-0.3, -0.25) is 9.63 Å². The van der Waals surface area contributed by atoms with Gasteiger partial charge in [-0.2, -0.15) is 0 Å². The fourth-order valence-electron chi connectivity index (χ4n) is 3.53. The van der Waals surface area contributed by atoms with E-state index < -0.39 is 30.6 Å². The number of alkyl carbamates (subject to hydrolysis) is 1. The van der Waals surface area contributed by atoms with Gasteiger partial charge in [0.25, 0.3) is 5.91 Å². The second kappa shape index (κ2) is 9.41. The molecule has 8 nitrogen and oxygen atoms in total. The number of fused-ring (bicyclic) bond motifs is 3. The smallest absolute Gasteiger partial charge is 0.407 e. The standard InChI is InChI=1S/C22H24N2O6/c1-13(2)20(21(27)24-30-12-19(25)26)23-22(28)29-11-18-16-9-5-3-7-14(16)15-8-4-6-10-17(15)18/h3-10,13,18,20H,11-12H2,1-2H3,(H,23,28)(H,24,27)(H,25,26)/t20-/m1/s1. The Morgan fingerprint density at radius 1 is 1.00 bits per heavy atom. The maximum absolute atomic E-state index is 12.4. The predicted molar refractivity (Wildman–Crippen MR) is 109 cm³/mol. The Bertz CT molecular complexity index is 897. The topological polar surface area (TPSA) is 114 Å². The van der Waals surface area contributed by atoms with Crippen molar-refractivity contribution in [3.8, 4) is 11.1 Å². The molecule has 3 N–H and O–H groups in total. The largest absolute Gasteiger partial charge is 0.479 e. The van der Waals surface area contributed by atoms with Crippen LogP contribution in [-0.4, -0.2) is 42.3 Å². The third-order valence-corrected chi connectivity index (χ3v) is 4.93. The molecular formula is C22H24N2O6. The number of hydrogen-bond acceptors (Lipinski definition) is 5. The van der Waals surface area contributed by atoms with Crippen molar-refractivity contribution in [3.63, 3.8) is 0 Å². The highest BCUT2D eigenvalue weighted by Crippen LogP contribution is 2.44. The van der Waals surface area contributed by atoms with Crippen LogP contribution in [0.5, 0.6) is 0 Å². The zero-order valence-corrected chi connectivity index (χ0v) is 16.8. The van der Waals surface area contributed by atoms with Gasteiger partial charge in [0, 0.05) is 5.92 Å². The Balaban J connectivity index is 1.62. The summed E-state index contributed by atoms with van der Waals surface area (Å²) >= 11 is 0. The Morgan fingerprint density at radius 3 is 2.10 bits per heavy atom. The zero-order valence-electron chi connectivity index (χ0n) is 16.8. The van der Waals surface area contributed by atoms with Gasteiger partial charge in [-0.1, -0.05) is 62.4 Å². The summed E-state index contributed by atoms with van der Waals surface area (Å²) in [5.41, 5.74) is 6.46. The highest BCUT2D eigenvalue weighted by Gasteiger charge is 2.30. The summed E-state index contributed by atoms with van der Waals surface area (Å²) in [6, 6.07) is 15.1. The summed E-state index contributed by atoms with van der Waals surface area (Å²) < 4.78 is 5.45. The van der Waals surface area contributed by atoms with E-state index in [1.165, 1.54) is 0 Å². The van der Waals surface area contributed by atoms with Crippen molar-refractivity contribution in [3.05, 3.63) is 59.7 Å². The van der Waals surface area contributed by atoms with E-state index in [2.05, 4.69) is 10.2 Å². The SMILES string of the molecule is CC(C)[C@@H](NC(=O)OCC1c2ccccc2-c2ccccc21)C(=O)NOCC(=O)O. The molecule has 0 fully saturated rings. The van der Waals surface area contributed by atoms with E-state index in [-0.39, 0.29) is 18.4 Å². The summed E-state index contributed by atoms with van der Waals surface area (Å²) in [5, 5.41) is 11.1. The number of benzene rings is 2. The Morgan fingerprint density at radius 2 is 1.57 bits per heavy atom. The molecule has 0 bridgehead atoms. The molecule has 30 heavy (non-hydrogen) atoms. The lowest BCUT2D eigenvalue weighted by molar-refractivity contribution is -0.150. The van der Waals surface area contributed by atoms with Crippen molar-refractivity contribution in [2.45, 2.75) is 25.8 Å². The summed E-state index contributed by atoms with van der Waals surface area (Å²) in [6.45, 7) is 2.93. The van der Waals surface area contributed by atoms with E-state index in [9.17, 15) is 14.4 Å². The molecule has 0 aliphatic heterocycles. The summed E-state index contributed by atoms with van der Waals surface area (Å²) in [6.07, 6.45) is -0.732. The van der Waals surface area contributed by atoms with E-state index in [0.29, 0.717) is 0 Å². The maximum atomic E-state index is 12.4. The third-order valence-electron chi connectivity index (χ3n) is 4.93. The van der Waals surface area contributed by atoms with Gasteiger partial charge in [-0.25, -0.2) is 15.1 Å². The molecule has 0 saturated carbocycles. The number of carbonyl (C=O) groups is 3. The molecule has 0 aromatic heterocycles. The molecule has 2 aromatic carbocycles. The van der Waals surface area contributed by atoms with E-state index in [1.807, 2.05) is 54.0 Å². The van der Waals surface area contributed by atoms with Gasteiger partial charge >= 0.3 is 12.1 Å². The first-order valence-electron chi connectivity index (χ1n) is 9.63. The van der Waals surface area contributed by atoms with Crippen molar-refractivity contribution >= 4 is 18.0 Å². The van der Waals surface area contributed by atoms with E-state index >= 15 is 0 Å². The van der Waals surface area contributed by atoms with Crippen LogP contribution in [0.15, 0.2) is 48.5 Å². The van der Waals surface area contributed by atoms with Gasteiger partial charge in [-0.05, 0) is 28.2 Å². The molecule has 0 spiro atoms. The second-order valence-corrected chi connectivity index (χ2v) is 7.34. The first-order valence-corrected chi connectivity index (χ1v) is 9.63. The average molecular weight is 412 g/mol. The molecule has 1 aliphatic rings. The predicted octanol–water partition coefficient (Wildman–Crippen LogP) is 2.68. The lowest BCUT2D eigenvalue weighted by atomic mass is 9.98. The van der Waals surface area contributed by atoms with Crippen LogP contribution in [0.3, 0.4) is 0 Å². The number of carboxylic acid groups (broad SMARTS) is 1. The lowest BCUT2D eigenvalue weighted by Gasteiger charge is -2.21. The van der Waals surface area contributed by atoms with Gasteiger partial charge in [0.05, 0.1) is 0 Å². The number of carboxylic acids is 1. The Hall–Kier alpha value is -3.39. The normalized spacial score (nSPS) is 13.3. The number of ether oxygens (including phenoxy) is 1. The summed E-state index contributed by atoms with van der Waals surface area (Å²) in [4.78, 5) is 39.6. The van der Waals surface area contributed by atoms with Gasteiger partial charge < -0.3 is 15.2 Å². The molecule has 0 heterocycles. The minimum atomic E-state index is -1.22. The summed E-state index contributed by atoms with van der Waals surface area (Å²) in [7, 11) is 0. The van der Waals surface area contributed by atoms with E-state index in [1.54, 1.807) is 13.8 Å². The molecule has 158 valence electrons. The molecule has 8 heteroatoms. The fraction of sp³-hybridized carbons (Fsp3) is 0.318. The van der Waals surface area contributed by atoms with Crippen LogP contribution in [0.4, 0.5) is 4.79 Å². The molecule has 2 aromatic rings. The number of hydroxylamine groups is 1. The molecular weight excluding hydrogens is 388 g/mol. The molecule has 3 rings (SSSR count). The van der Waals surface area contributed by atoms with Gasteiger partial charge in [0.2, 0.25) is 0 Å². The van der Waals surface area contributed by atoms with Crippen molar-refractivity contribution in [2.75, 3.05) is 13.2 Å². The van der Waals surface area contributed by atoms with E-state index in [4.69, 9.17) is 9.84 Å². The van der Waals surface area contributed by atoms with Crippen LogP contribution in [0.2, 0.25) is 0 Å². The van der Waals surface area contributed by atoms with Crippen LogP contribution < -0.4 is 10.8 Å². The zero-order chi connectivity index (χ0) is 21.7. The Labute approximate surface area is 174 Å². The molecule has 2 amide bonds.